The smallest absolute Gasteiger partial charge is 0.341 e. The minimum absolute atomic E-state index is 0.122. The van der Waals surface area contributed by atoms with Crippen molar-refractivity contribution in [3.8, 4) is 0 Å². The maximum Gasteiger partial charge on any atom is 0.341 e. The van der Waals surface area contributed by atoms with Gasteiger partial charge in [0, 0.05) is 24.4 Å². The quantitative estimate of drug-likeness (QED) is 0.356. The fraction of sp³-hybridized carbons (Fsp3) is 0.176. The number of carbonyl (C=O) groups excluding carboxylic acids is 2. The van der Waals surface area contributed by atoms with Crippen molar-refractivity contribution in [2.45, 2.75) is 0 Å². The van der Waals surface area contributed by atoms with E-state index in [1.54, 1.807) is 24.3 Å². The number of rotatable bonds is 8. The number of hydrogen-bond acceptors (Lipinski definition) is 7. The SMILES string of the molecule is O=C(COC(=O)c1cc([N+](=O)[O-])ccc1NCCO)Nc1ccccc1Cl. The summed E-state index contributed by atoms with van der Waals surface area (Å²) in [5.74, 6) is -1.54. The zero-order valence-corrected chi connectivity index (χ0v) is 14.7. The summed E-state index contributed by atoms with van der Waals surface area (Å²) in [6.07, 6.45) is 0. The standard InChI is InChI=1S/C17H16ClN3O6/c18-13-3-1-2-4-15(13)20-16(23)10-27-17(24)12-9-11(21(25)26)5-6-14(12)19-7-8-22/h1-6,9,19,22H,7-8,10H2,(H,20,23). The molecule has 0 atom stereocenters. The van der Waals surface area contributed by atoms with E-state index in [0.717, 1.165) is 6.07 Å². The molecule has 2 aromatic carbocycles. The normalized spacial score (nSPS) is 10.1. The number of aliphatic hydroxyl groups excluding tert-OH is 1. The van der Waals surface area contributed by atoms with Crippen LogP contribution in [0.15, 0.2) is 42.5 Å². The fourth-order valence-electron chi connectivity index (χ4n) is 2.12. The van der Waals surface area contributed by atoms with E-state index in [4.69, 9.17) is 21.4 Å². The minimum atomic E-state index is -0.923. The summed E-state index contributed by atoms with van der Waals surface area (Å²) in [5, 5.41) is 25.4. The Bertz CT molecular complexity index is 858. The van der Waals surface area contributed by atoms with E-state index in [-0.39, 0.29) is 30.1 Å². The summed E-state index contributed by atoms with van der Waals surface area (Å²) in [5.41, 5.74) is 0.173. The number of non-ortho nitro benzene ring substituents is 1. The molecular formula is C17H16ClN3O6. The molecule has 0 saturated heterocycles. The lowest BCUT2D eigenvalue weighted by molar-refractivity contribution is -0.384. The molecular weight excluding hydrogens is 378 g/mol. The average molecular weight is 394 g/mol. The van der Waals surface area contributed by atoms with Gasteiger partial charge in [-0.05, 0) is 18.2 Å². The molecule has 2 aromatic rings. The highest BCUT2D eigenvalue weighted by molar-refractivity contribution is 6.33. The third-order valence-electron chi connectivity index (χ3n) is 3.34. The van der Waals surface area contributed by atoms with Crippen LogP contribution in [0.25, 0.3) is 0 Å². The number of ether oxygens (including phenoxy) is 1. The number of aliphatic hydroxyl groups is 1. The van der Waals surface area contributed by atoms with E-state index in [9.17, 15) is 19.7 Å². The number of esters is 1. The number of nitro benzene ring substituents is 1. The summed E-state index contributed by atoms with van der Waals surface area (Å²) in [6.45, 7) is -0.678. The molecule has 0 aliphatic heterocycles. The molecule has 1 amide bonds. The van der Waals surface area contributed by atoms with Crippen molar-refractivity contribution in [3.63, 3.8) is 0 Å². The Labute approximate surface area is 159 Å². The molecule has 0 aliphatic rings. The van der Waals surface area contributed by atoms with Crippen LogP contribution in [0, 0.1) is 10.1 Å². The number of halogens is 1. The summed E-state index contributed by atoms with van der Waals surface area (Å²) in [7, 11) is 0. The molecule has 0 radical (unpaired) electrons. The van der Waals surface area contributed by atoms with Gasteiger partial charge in [-0.3, -0.25) is 14.9 Å². The second-order valence-electron chi connectivity index (χ2n) is 5.24. The first-order valence-corrected chi connectivity index (χ1v) is 8.15. The molecule has 0 unspecified atom stereocenters. The topological polar surface area (TPSA) is 131 Å². The first-order valence-electron chi connectivity index (χ1n) is 7.77. The zero-order chi connectivity index (χ0) is 19.8. The van der Waals surface area contributed by atoms with Crippen LogP contribution in [0.3, 0.4) is 0 Å². The molecule has 3 N–H and O–H groups in total. The molecule has 2 rings (SSSR count). The van der Waals surface area contributed by atoms with Crippen molar-refractivity contribution in [3.05, 3.63) is 63.2 Å². The fourth-order valence-corrected chi connectivity index (χ4v) is 2.30. The third kappa shape index (κ3) is 5.66. The van der Waals surface area contributed by atoms with E-state index in [1.807, 2.05) is 0 Å². The van der Waals surface area contributed by atoms with Gasteiger partial charge in [-0.1, -0.05) is 23.7 Å². The number of hydrogen-bond donors (Lipinski definition) is 3. The summed E-state index contributed by atoms with van der Waals surface area (Å²) >= 11 is 5.93. The molecule has 0 aliphatic carbocycles. The van der Waals surface area contributed by atoms with Gasteiger partial charge in [0.25, 0.3) is 11.6 Å². The summed E-state index contributed by atoms with van der Waals surface area (Å²) < 4.78 is 4.94. The highest BCUT2D eigenvalue weighted by Crippen LogP contribution is 2.23. The van der Waals surface area contributed by atoms with Gasteiger partial charge in [0.05, 0.1) is 27.8 Å². The Morgan fingerprint density at radius 2 is 1.93 bits per heavy atom. The predicted molar refractivity (Wildman–Crippen MR) is 99.0 cm³/mol. The van der Waals surface area contributed by atoms with Crippen LogP contribution in [-0.4, -0.2) is 41.7 Å². The molecule has 0 bridgehead atoms. The van der Waals surface area contributed by atoms with Gasteiger partial charge in [0.15, 0.2) is 6.61 Å². The number of amides is 1. The maximum absolute atomic E-state index is 12.3. The number of carbonyl (C=O) groups is 2. The Kier molecular flexibility index (Phi) is 7.09. The first-order chi connectivity index (χ1) is 12.9. The molecule has 10 heteroatoms. The molecule has 0 saturated carbocycles. The van der Waals surface area contributed by atoms with Gasteiger partial charge in [0.2, 0.25) is 0 Å². The maximum atomic E-state index is 12.3. The van der Waals surface area contributed by atoms with Gasteiger partial charge < -0.3 is 20.5 Å². The number of para-hydroxylation sites is 1. The highest BCUT2D eigenvalue weighted by Gasteiger charge is 2.19. The van der Waals surface area contributed by atoms with E-state index in [2.05, 4.69) is 10.6 Å². The van der Waals surface area contributed by atoms with E-state index >= 15 is 0 Å². The van der Waals surface area contributed by atoms with Crippen LogP contribution < -0.4 is 10.6 Å². The van der Waals surface area contributed by atoms with Crippen molar-refractivity contribution < 1.29 is 24.4 Å². The molecule has 9 nitrogen and oxygen atoms in total. The second-order valence-corrected chi connectivity index (χ2v) is 5.65. The number of nitro groups is 1. The largest absolute Gasteiger partial charge is 0.452 e. The van der Waals surface area contributed by atoms with E-state index in [1.165, 1.54) is 12.1 Å². The number of nitrogens with zero attached hydrogens (tertiary/aromatic N) is 1. The average Bonchev–Trinajstić information content (AvgIpc) is 2.66. The Balaban J connectivity index is 2.07. The molecule has 0 fully saturated rings. The molecule has 27 heavy (non-hydrogen) atoms. The highest BCUT2D eigenvalue weighted by atomic mass is 35.5. The zero-order valence-electron chi connectivity index (χ0n) is 14.0. The van der Waals surface area contributed by atoms with Gasteiger partial charge in [-0.25, -0.2) is 4.79 Å². The van der Waals surface area contributed by atoms with Crippen molar-refractivity contribution in [1.29, 1.82) is 0 Å². The lowest BCUT2D eigenvalue weighted by atomic mass is 10.1. The summed E-state index contributed by atoms with van der Waals surface area (Å²) in [4.78, 5) is 34.5. The van der Waals surface area contributed by atoms with Crippen LogP contribution in [0.4, 0.5) is 17.1 Å². The minimum Gasteiger partial charge on any atom is -0.452 e. The first kappa shape index (κ1) is 20.1. The number of nitrogens with one attached hydrogen (secondary N) is 2. The Morgan fingerprint density at radius 1 is 1.19 bits per heavy atom. The Hall–Kier alpha value is -3.17. The van der Waals surface area contributed by atoms with Crippen LogP contribution in [0.5, 0.6) is 0 Å². The van der Waals surface area contributed by atoms with Gasteiger partial charge >= 0.3 is 5.97 Å². The van der Waals surface area contributed by atoms with Gasteiger partial charge in [-0.15, -0.1) is 0 Å². The van der Waals surface area contributed by atoms with Crippen LogP contribution in [0.1, 0.15) is 10.4 Å². The van der Waals surface area contributed by atoms with Crippen molar-refractivity contribution in [1.82, 2.24) is 0 Å². The molecule has 0 heterocycles. The lowest BCUT2D eigenvalue weighted by Crippen LogP contribution is -2.22. The van der Waals surface area contributed by atoms with Crippen LogP contribution >= 0.6 is 11.6 Å². The van der Waals surface area contributed by atoms with Crippen LogP contribution in [0.2, 0.25) is 5.02 Å². The van der Waals surface area contributed by atoms with E-state index < -0.39 is 23.4 Å². The van der Waals surface area contributed by atoms with Gasteiger partial charge in [0.1, 0.15) is 0 Å². The predicted octanol–water partition coefficient (Wildman–Crippen LogP) is 2.45. The molecule has 0 spiro atoms. The van der Waals surface area contributed by atoms with Crippen molar-refractivity contribution >= 4 is 40.5 Å². The van der Waals surface area contributed by atoms with Crippen molar-refractivity contribution in [2.24, 2.45) is 0 Å². The van der Waals surface area contributed by atoms with Gasteiger partial charge in [-0.2, -0.15) is 0 Å². The summed E-state index contributed by atoms with van der Waals surface area (Å²) in [6, 6.07) is 10.1. The molecule has 0 aromatic heterocycles. The van der Waals surface area contributed by atoms with Crippen LogP contribution in [-0.2, 0) is 9.53 Å². The third-order valence-corrected chi connectivity index (χ3v) is 3.67. The number of anilines is 2. The Morgan fingerprint density at radius 3 is 2.59 bits per heavy atom. The molecule has 142 valence electrons. The number of benzene rings is 2. The van der Waals surface area contributed by atoms with Crippen molar-refractivity contribution in [2.75, 3.05) is 30.4 Å². The monoisotopic (exact) mass is 393 g/mol. The lowest BCUT2D eigenvalue weighted by Gasteiger charge is -2.11. The second kappa shape index (κ2) is 9.51. The van der Waals surface area contributed by atoms with E-state index in [0.29, 0.717) is 10.7 Å².